The molecule has 1 aromatic carbocycles. The Balaban J connectivity index is 2.03. The Hall–Kier alpha value is -0.870. The van der Waals surface area contributed by atoms with Crippen LogP contribution in [0.5, 0.6) is 5.75 Å². The van der Waals surface area contributed by atoms with Crippen LogP contribution in [-0.4, -0.2) is 16.6 Å². The predicted molar refractivity (Wildman–Crippen MR) is 84.2 cm³/mol. The largest absolute Gasteiger partial charge is 0.496 e. The van der Waals surface area contributed by atoms with Gasteiger partial charge in [-0.15, -0.1) is 0 Å². The van der Waals surface area contributed by atoms with Crippen LogP contribution in [0.25, 0.3) is 0 Å². The van der Waals surface area contributed by atoms with Gasteiger partial charge in [-0.1, -0.05) is 31.9 Å². The molecule has 112 valence electrons. The van der Waals surface area contributed by atoms with Crippen LogP contribution in [0.4, 0.5) is 0 Å². The fourth-order valence-corrected chi connectivity index (χ4v) is 4.66. The molecule has 0 bridgehead atoms. The highest BCUT2D eigenvalue weighted by atomic mass is 32.2. The number of methoxy groups -OCH3 is 1. The minimum Gasteiger partial charge on any atom is -0.496 e. The van der Waals surface area contributed by atoms with Gasteiger partial charge in [0.1, 0.15) is 5.75 Å². The minimum atomic E-state index is -0.784. The molecule has 0 amide bonds. The second kappa shape index (κ2) is 7.23. The van der Waals surface area contributed by atoms with E-state index < -0.39 is 10.8 Å². The van der Waals surface area contributed by atoms with Gasteiger partial charge in [-0.05, 0) is 30.4 Å². The fraction of sp³-hybridized carbons (Fsp3) is 0.625. The molecule has 0 aromatic heterocycles. The van der Waals surface area contributed by atoms with Gasteiger partial charge < -0.3 is 10.5 Å². The molecule has 3 nitrogen and oxygen atoms in total. The second-order valence-corrected chi connectivity index (χ2v) is 7.49. The Morgan fingerprint density at radius 2 is 2.20 bits per heavy atom. The highest BCUT2D eigenvalue weighted by Gasteiger charge is 2.24. The lowest BCUT2D eigenvalue weighted by Crippen LogP contribution is -2.24. The summed E-state index contributed by atoms with van der Waals surface area (Å²) < 4.78 is 17.9. The summed E-state index contributed by atoms with van der Waals surface area (Å²) in [6.45, 7) is 2.73. The molecule has 1 aliphatic carbocycles. The van der Waals surface area contributed by atoms with Gasteiger partial charge in [0.15, 0.2) is 0 Å². The van der Waals surface area contributed by atoms with Crippen molar-refractivity contribution >= 4 is 10.8 Å². The minimum absolute atomic E-state index is 0.360. The lowest BCUT2D eigenvalue weighted by molar-refractivity contribution is 0.389. The Labute approximate surface area is 124 Å². The molecule has 1 fully saturated rings. The first kappa shape index (κ1) is 15.5. The molecule has 3 atom stereocenters. The van der Waals surface area contributed by atoms with E-state index in [0.717, 1.165) is 29.7 Å². The van der Waals surface area contributed by atoms with E-state index >= 15 is 0 Å². The van der Waals surface area contributed by atoms with E-state index in [1.807, 2.05) is 18.2 Å². The summed E-state index contributed by atoms with van der Waals surface area (Å²) in [5.41, 5.74) is 7.74. The maximum Gasteiger partial charge on any atom is 0.123 e. The van der Waals surface area contributed by atoms with E-state index in [4.69, 9.17) is 10.5 Å². The van der Waals surface area contributed by atoms with E-state index in [-0.39, 0.29) is 0 Å². The van der Waals surface area contributed by atoms with Crippen LogP contribution in [-0.2, 0) is 23.1 Å². The van der Waals surface area contributed by atoms with Crippen molar-refractivity contribution in [1.82, 2.24) is 0 Å². The molecule has 0 spiro atoms. The van der Waals surface area contributed by atoms with Crippen molar-refractivity contribution in [2.24, 2.45) is 11.7 Å². The third-order valence-electron chi connectivity index (χ3n) is 4.14. The summed E-state index contributed by atoms with van der Waals surface area (Å²) in [5, 5.41) is 0.360. The van der Waals surface area contributed by atoms with Gasteiger partial charge in [0.2, 0.25) is 0 Å². The van der Waals surface area contributed by atoms with E-state index in [0.29, 0.717) is 23.5 Å². The van der Waals surface area contributed by atoms with E-state index in [1.54, 1.807) is 7.11 Å². The van der Waals surface area contributed by atoms with Crippen molar-refractivity contribution in [3.05, 3.63) is 29.3 Å². The number of rotatable bonds is 5. The van der Waals surface area contributed by atoms with Crippen molar-refractivity contribution in [2.75, 3.05) is 7.11 Å². The first-order valence-corrected chi connectivity index (χ1v) is 8.75. The number of hydrogen-bond acceptors (Lipinski definition) is 3. The first-order valence-electron chi connectivity index (χ1n) is 7.37. The van der Waals surface area contributed by atoms with Crippen LogP contribution in [0, 0.1) is 5.92 Å². The summed E-state index contributed by atoms with van der Waals surface area (Å²) in [4.78, 5) is 0. The number of hydrogen-bond donors (Lipinski definition) is 1. The van der Waals surface area contributed by atoms with Crippen molar-refractivity contribution in [3.63, 3.8) is 0 Å². The molecule has 1 saturated carbocycles. The maximum atomic E-state index is 12.5. The van der Waals surface area contributed by atoms with Gasteiger partial charge in [0.05, 0.1) is 7.11 Å². The molecule has 0 heterocycles. The summed E-state index contributed by atoms with van der Waals surface area (Å²) >= 11 is 0. The summed E-state index contributed by atoms with van der Waals surface area (Å²) in [6, 6.07) is 5.98. The molecule has 0 saturated heterocycles. The standard InChI is InChI=1S/C16H25NO2S/c1-12-4-3-5-15(8-12)20(18)11-13-6-7-14(10-17)16(9-13)19-2/h6-7,9,12,15H,3-5,8,10-11,17H2,1-2H3. The van der Waals surface area contributed by atoms with Crippen LogP contribution in [0.15, 0.2) is 18.2 Å². The van der Waals surface area contributed by atoms with Crippen LogP contribution >= 0.6 is 0 Å². The number of ether oxygens (including phenoxy) is 1. The fourth-order valence-electron chi connectivity index (χ4n) is 2.95. The Kier molecular flexibility index (Phi) is 5.61. The highest BCUT2D eigenvalue weighted by Crippen LogP contribution is 2.29. The number of benzene rings is 1. The molecule has 3 unspecified atom stereocenters. The summed E-state index contributed by atoms with van der Waals surface area (Å²) in [7, 11) is 0.867. The van der Waals surface area contributed by atoms with Crippen molar-refractivity contribution in [3.8, 4) is 5.75 Å². The normalized spacial score (nSPS) is 24.4. The molecule has 4 heteroatoms. The quantitative estimate of drug-likeness (QED) is 0.908. The third kappa shape index (κ3) is 3.83. The smallest absolute Gasteiger partial charge is 0.123 e. The van der Waals surface area contributed by atoms with Crippen LogP contribution < -0.4 is 10.5 Å². The highest BCUT2D eigenvalue weighted by molar-refractivity contribution is 7.84. The molecule has 2 rings (SSSR count). The van der Waals surface area contributed by atoms with Crippen molar-refractivity contribution in [1.29, 1.82) is 0 Å². The summed E-state index contributed by atoms with van der Waals surface area (Å²) in [6.07, 6.45) is 4.71. The summed E-state index contributed by atoms with van der Waals surface area (Å²) in [5.74, 6) is 2.14. The third-order valence-corrected chi connectivity index (χ3v) is 5.93. The van der Waals surface area contributed by atoms with Crippen LogP contribution in [0.3, 0.4) is 0 Å². The van der Waals surface area contributed by atoms with Crippen molar-refractivity contribution in [2.45, 2.75) is 50.2 Å². The van der Waals surface area contributed by atoms with E-state index in [2.05, 4.69) is 6.92 Å². The zero-order valence-electron chi connectivity index (χ0n) is 12.4. The molecular formula is C16H25NO2S. The Morgan fingerprint density at radius 3 is 2.85 bits per heavy atom. The van der Waals surface area contributed by atoms with Gasteiger partial charge in [-0.2, -0.15) is 0 Å². The molecule has 2 N–H and O–H groups in total. The predicted octanol–water partition coefficient (Wildman–Crippen LogP) is 2.98. The SMILES string of the molecule is COc1cc(CS(=O)C2CCCC(C)C2)ccc1CN. The van der Waals surface area contributed by atoms with Gasteiger partial charge in [-0.3, -0.25) is 4.21 Å². The molecule has 0 radical (unpaired) electrons. The molecular weight excluding hydrogens is 270 g/mol. The zero-order valence-corrected chi connectivity index (χ0v) is 13.2. The van der Waals surface area contributed by atoms with Crippen molar-refractivity contribution < 1.29 is 8.95 Å². The van der Waals surface area contributed by atoms with Crippen LogP contribution in [0.2, 0.25) is 0 Å². The Morgan fingerprint density at radius 1 is 1.40 bits per heavy atom. The van der Waals surface area contributed by atoms with Gasteiger partial charge in [0, 0.05) is 33.9 Å². The zero-order chi connectivity index (χ0) is 14.5. The second-order valence-electron chi connectivity index (χ2n) is 5.77. The average Bonchev–Trinajstić information content (AvgIpc) is 2.47. The topological polar surface area (TPSA) is 52.3 Å². The van der Waals surface area contributed by atoms with Gasteiger partial charge in [0.25, 0.3) is 0 Å². The number of nitrogens with two attached hydrogens (primary N) is 1. The Bertz CT molecular complexity index is 476. The monoisotopic (exact) mass is 295 g/mol. The van der Waals surface area contributed by atoms with Gasteiger partial charge in [-0.25, -0.2) is 0 Å². The molecule has 1 aromatic rings. The molecule has 20 heavy (non-hydrogen) atoms. The lowest BCUT2D eigenvalue weighted by Gasteiger charge is -2.26. The van der Waals surface area contributed by atoms with Crippen LogP contribution in [0.1, 0.15) is 43.7 Å². The average molecular weight is 295 g/mol. The van der Waals surface area contributed by atoms with E-state index in [9.17, 15) is 4.21 Å². The first-order chi connectivity index (χ1) is 9.63. The lowest BCUT2D eigenvalue weighted by atomic mass is 9.91. The van der Waals surface area contributed by atoms with E-state index in [1.165, 1.54) is 12.8 Å². The molecule has 1 aliphatic rings. The molecule has 0 aliphatic heterocycles. The maximum absolute atomic E-state index is 12.5. The van der Waals surface area contributed by atoms with Gasteiger partial charge >= 0.3 is 0 Å².